The van der Waals surface area contributed by atoms with Gasteiger partial charge in [-0.2, -0.15) is 17.6 Å². The lowest BCUT2D eigenvalue weighted by atomic mass is 10.1. The van der Waals surface area contributed by atoms with E-state index in [0.717, 1.165) is 18.2 Å². The van der Waals surface area contributed by atoms with Crippen molar-refractivity contribution in [3.63, 3.8) is 0 Å². The van der Waals surface area contributed by atoms with E-state index in [0.29, 0.717) is 10.4 Å². The number of benzene rings is 1. The molecule has 0 spiro atoms. The molecule has 0 aliphatic heterocycles. The first-order valence-electron chi connectivity index (χ1n) is 7.45. The molecule has 0 unspecified atom stereocenters. The zero-order valence-corrected chi connectivity index (χ0v) is 15.5. The Hall–Kier alpha value is -2.49. The van der Waals surface area contributed by atoms with Crippen LogP contribution in [0.4, 0.5) is 17.6 Å². The van der Waals surface area contributed by atoms with E-state index in [1.54, 1.807) is 12.1 Å². The lowest BCUT2D eigenvalue weighted by molar-refractivity contribution is -0.125. The van der Waals surface area contributed by atoms with Crippen molar-refractivity contribution in [2.24, 2.45) is 0 Å². The van der Waals surface area contributed by atoms with Crippen molar-refractivity contribution in [1.29, 1.82) is 0 Å². The number of ether oxygens (including phenoxy) is 2. The van der Waals surface area contributed by atoms with Gasteiger partial charge in [-0.3, -0.25) is 4.79 Å². The Morgan fingerprint density at radius 3 is 2.48 bits per heavy atom. The van der Waals surface area contributed by atoms with Crippen molar-refractivity contribution in [2.75, 3.05) is 7.05 Å². The van der Waals surface area contributed by atoms with Crippen molar-refractivity contribution < 1.29 is 36.2 Å². The van der Waals surface area contributed by atoms with E-state index in [-0.39, 0.29) is 17.9 Å². The van der Waals surface area contributed by atoms with E-state index in [1.807, 2.05) is 0 Å². The first kappa shape index (κ1) is 20.8. The monoisotopic (exact) mass is 451 g/mol. The minimum atomic E-state index is -3.17. The van der Waals surface area contributed by atoms with Crippen LogP contribution in [0.2, 0.25) is 0 Å². The number of amides is 1. The van der Waals surface area contributed by atoms with Gasteiger partial charge in [-0.25, -0.2) is 0 Å². The molecule has 10 heteroatoms. The van der Waals surface area contributed by atoms with Crippen LogP contribution < -0.4 is 9.47 Å². The summed E-state index contributed by atoms with van der Waals surface area (Å²) in [7, 11) is 1.53. The molecule has 0 saturated heterocycles. The summed E-state index contributed by atoms with van der Waals surface area (Å²) >= 11 is 3.15. The predicted octanol–water partition coefficient (Wildman–Crippen LogP) is 4.92. The van der Waals surface area contributed by atoms with Gasteiger partial charge in [0.2, 0.25) is 5.91 Å². The highest BCUT2D eigenvalue weighted by molar-refractivity contribution is 9.10. The van der Waals surface area contributed by atoms with Crippen LogP contribution in [0.15, 0.2) is 45.5 Å². The fourth-order valence-electron chi connectivity index (χ4n) is 2.06. The molecule has 2 rings (SSSR count). The maximum atomic E-state index is 12.5. The molecule has 0 bridgehead atoms. The lowest BCUT2D eigenvalue weighted by Crippen LogP contribution is -2.23. The second-order valence-corrected chi connectivity index (χ2v) is 5.97. The number of nitrogens with zero attached hydrogens (tertiary/aromatic N) is 1. The smallest absolute Gasteiger partial charge is 0.387 e. The third-order valence-corrected chi connectivity index (χ3v) is 3.66. The maximum absolute atomic E-state index is 12.5. The zero-order valence-electron chi connectivity index (χ0n) is 13.9. The van der Waals surface area contributed by atoms with E-state index < -0.39 is 24.9 Å². The van der Waals surface area contributed by atoms with Crippen LogP contribution in [0.25, 0.3) is 6.08 Å². The minimum absolute atomic E-state index is 0.0967. The summed E-state index contributed by atoms with van der Waals surface area (Å²) in [4.78, 5) is 13.5. The van der Waals surface area contributed by atoms with Crippen LogP contribution in [0, 0.1) is 0 Å². The van der Waals surface area contributed by atoms with Gasteiger partial charge in [0.15, 0.2) is 4.67 Å². The number of hydrogen-bond donors (Lipinski definition) is 0. The van der Waals surface area contributed by atoms with Crippen molar-refractivity contribution in [2.45, 2.75) is 19.8 Å². The molecule has 2 aromatic rings. The number of halogens is 5. The van der Waals surface area contributed by atoms with Gasteiger partial charge in [0.05, 0.1) is 6.54 Å². The summed E-state index contributed by atoms with van der Waals surface area (Å²) in [6, 6.07) is 6.64. The van der Waals surface area contributed by atoms with Crippen LogP contribution >= 0.6 is 15.9 Å². The SMILES string of the molecule is CN(Cc1ccc(Br)o1)C(=O)/C=C/c1ccc(OC(F)F)cc1OC(F)F. The van der Waals surface area contributed by atoms with E-state index >= 15 is 0 Å². The third-order valence-electron chi connectivity index (χ3n) is 3.23. The number of rotatable bonds is 8. The molecule has 0 N–H and O–H groups in total. The van der Waals surface area contributed by atoms with Crippen molar-refractivity contribution in [1.82, 2.24) is 4.90 Å². The third kappa shape index (κ3) is 6.63. The van der Waals surface area contributed by atoms with Gasteiger partial charge in [0.25, 0.3) is 0 Å². The van der Waals surface area contributed by atoms with E-state index in [1.165, 1.54) is 24.1 Å². The Labute approximate surface area is 160 Å². The second kappa shape index (κ2) is 9.45. The number of hydrogen-bond acceptors (Lipinski definition) is 4. The molecule has 0 saturated carbocycles. The number of alkyl halides is 4. The summed E-state index contributed by atoms with van der Waals surface area (Å²) in [6.45, 7) is -6.09. The summed E-state index contributed by atoms with van der Waals surface area (Å²) in [5.41, 5.74) is 0.0967. The van der Waals surface area contributed by atoms with Crippen LogP contribution in [-0.4, -0.2) is 31.1 Å². The normalized spacial score (nSPS) is 11.4. The maximum Gasteiger partial charge on any atom is 0.387 e. The Balaban J connectivity index is 2.12. The molecule has 0 atom stereocenters. The molecular weight excluding hydrogens is 438 g/mol. The quantitative estimate of drug-likeness (QED) is 0.422. The summed E-state index contributed by atoms with van der Waals surface area (Å²) in [5.74, 6) is -0.630. The van der Waals surface area contributed by atoms with Gasteiger partial charge in [-0.15, -0.1) is 0 Å². The number of furan rings is 1. The Kier molecular flexibility index (Phi) is 7.28. The fourth-order valence-corrected chi connectivity index (χ4v) is 2.40. The predicted molar refractivity (Wildman–Crippen MR) is 91.6 cm³/mol. The first-order valence-corrected chi connectivity index (χ1v) is 8.25. The van der Waals surface area contributed by atoms with Crippen LogP contribution in [0.3, 0.4) is 0 Å². The van der Waals surface area contributed by atoms with Crippen LogP contribution in [-0.2, 0) is 11.3 Å². The van der Waals surface area contributed by atoms with E-state index in [4.69, 9.17) is 4.42 Å². The number of carbonyl (C=O) groups excluding carboxylic acids is 1. The fraction of sp³-hybridized carbons (Fsp3) is 0.235. The van der Waals surface area contributed by atoms with Gasteiger partial charge in [-0.1, -0.05) is 0 Å². The molecule has 1 aromatic heterocycles. The van der Waals surface area contributed by atoms with Gasteiger partial charge >= 0.3 is 13.2 Å². The molecule has 27 heavy (non-hydrogen) atoms. The first-order chi connectivity index (χ1) is 12.7. The van der Waals surface area contributed by atoms with Crippen LogP contribution in [0.1, 0.15) is 11.3 Å². The van der Waals surface area contributed by atoms with Crippen LogP contribution in [0.5, 0.6) is 11.5 Å². The highest BCUT2D eigenvalue weighted by Gasteiger charge is 2.13. The van der Waals surface area contributed by atoms with Gasteiger partial charge in [0, 0.05) is 24.8 Å². The molecule has 1 amide bonds. The van der Waals surface area contributed by atoms with E-state index in [2.05, 4.69) is 25.4 Å². The average molecular weight is 452 g/mol. The number of likely N-dealkylation sites (N-methyl/N-ethyl adjacent to an activating group) is 1. The highest BCUT2D eigenvalue weighted by Crippen LogP contribution is 2.28. The summed E-state index contributed by atoms with van der Waals surface area (Å²) < 4.78 is 63.9. The molecule has 1 heterocycles. The summed E-state index contributed by atoms with van der Waals surface area (Å²) in [6.07, 6.45) is 2.38. The second-order valence-electron chi connectivity index (χ2n) is 5.19. The zero-order chi connectivity index (χ0) is 20.0. The van der Waals surface area contributed by atoms with Gasteiger partial charge in [0.1, 0.15) is 17.3 Å². The standard InChI is InChI=1S/C17H14BrF4NO4/c1-23(9-12-5-6-14(18)25-12)15(24)7-3-10-2-4-11(26-16(19)20)8-13(10)27-17(21)22/h2-8,16-17H,9H2,1H3/b7-3+. The van der Waals surface area contributed by atoms with Crippen molar-refractivity contribution in [3.05, 3.63) is 52.4 Å². The van der Waals surface area contributed by atoms with Gasteiger partial charge in [-0.05, 0) is 46.3 Å². The molecular formula is C17H14BrF4NO4. The van der Waals surface area contributed by atoms with E-state index in [9.17, 15) is 22.4 Å². The Morgan fingerprint density at radius 1 is 1.19 bits per heavy atom. The molecule has 1 aromatic carbocycles. The molecule has 146 valence electrons. The Bertz CT molecular complexity index is 810. The Morgan fingerprint density at radius 2 is 1.89 bits per heavy atom. The lowest BCUT2D eigenvalue weighted by Gasteiger charge is -2.14. The molecule has 0 fully saturated rings. The largest absolute Gasteiger partial charge is 0.452 e. The van der Waals surface area contributed by atoms with Crippen molar-refractivity contribution >= 4 is 27.9 Å². The van der Waals surface area contributed by atoms with Crippen molar-refractivity contribution in [3.8, 4) is 11.5 Å². The molecule has 5 nitrogen and oxygen atoms in total. The summed E-state index contributed by atoms with van der Waals surface area (Å²) in [5, 5.41) is 0. The number of carbonyl (C=O) groups is 1. The minimum Gasteiger partial charge on any atom is -0.452 e. The molecule has 0 aliphatic rings. The average Bonchev–Trinajstić information content (AvgIpc) is 2.97. The molecule has 0 radical (unpaired) electrons. The topological polar surface area (TPSA) is 51.9 Å². The highest BCUT2D eigenvalue weighted by atomic mass is 79.9. The molecule has 0 aliphatic carbocycles. The van der Waals surface area contributed by atoms with Gasteiger partial charge < -0.3 is 18.8 Å².